The van der Waals surface area contributed by atoms with Crippen molar-refractivity contribution in [3.63, 3.8) is 0 Å². The van der Waals surface area contributed by atoms with E-state index in [1.165, 1.54) is 6.92 Å². The maximum Gasteiger partial charge on any atom is 0.306 e. The summed E-state index contributed by atoms with van der Waals surface area (Å²) >= 11 is 5.77. The molecule has 0 atom stereocenters. The van der Waals surface area contributed by atoms with E-state index in [1.807, 2.05) is 0 Å². The van der Waals surface area contributed by atoms with Crippen molar-refractivity contribution >= 4 is 52.4 Å². The summed E-state index contributed by atoms with van der Waals surface area (Å²) < 4.78 is 4.86. The van der Waals surface area contributed by atoms with Crippen LogP contribution in [-0.2, 0) is 23.9 Å². The largest absolute Gasteiger partial charge is 0.456 e. The number of amides is 3. The Morgan fingerprint density at radius 1 is 0.759 bits per heavy atom. The summed E-state index contributed by atoms with van der Waals surface area (Å²) in [6.07, 6.45) is -0.230. The molecule has 9 heteroatoms. The third-order valence-electron chi connectivity index (χ3n) is 3.54. The van der Waals surface area contributed by atoms with E-state index in [4.69, 9.17) is 16.3 Å². The first kappa shape index (κ1) is 21.9. The normalized spacial score (nSPS) is 10.0. The van der Waals surface area contributed by atoms with Gasteiger partial charge in [0.25, 0.3) is 5.91 Å². The van der Waals surface area contributed by atoms with E-state index >= 15 is 0 Å². The van der Waals surface area contributed by atoms with Crippen LogP contribution < -0.4 is 16.0 Å². The number of halogens is 1. The zero-order valence-electron chi connectivity index (χ0n) is 15.7. The number of hydrogen-bond donors (Lipinski definition) is 3. The van der Waals surface area contributed by atoms with Gasteiger partial charge in [0.05, 0.1) is 6.42 Å². The fraction of sp³-hybridized carbons (Fsp3) is 0.200. The highest BCUT2D eigenvalue weighted by Gasteiger charge is 2.11. The molecule has 0 aliphatic carbocycles. The first-order valence-corrected chi connectivity index (χ1v) is 9.08. The summed E-state index contributed by atoms with van der Waals surface area (Å²) in [5, 5.41) is 8.34. The Morgan fingerprint density at radius 3 is 1.79 bits per heavy atom. The van der Waals surface area contributed by atoms with Gasteiger partial charge < -0.3 is 20.7 Å². The Bertz CT molecular complexity index is 882. The number of esters is 1. The highest BCUT2D eigenvalue weighted by Crippen LogP contribution is 2.14. The van der Waals surface area contributed by atoms with Crippen molar-refractivity contribution in [2.45, 2.75) is 19.8 Å². The van der Waals surface area contributed by atoms with Gasteiger partial charge in [0.15, 0.2) is 6.61 Å². The Morgan fingerprint density at radius 2 is 1.24 bits per heavy atom. The first-order chi connectivity index (χ1) is 13.8. The molecule has 152 valence electrons. The van der Waals surface area contributed by atoms with Crippen LogP contribution in [-0.4, -0.2) is 30.3 Å². The van der Waals surface area contributed by atoms with Crippen LogP contribution in [0.3, 0.4) is 0 Å². The highest BCUT2D eigenvalue weighted by atomic mass is 35.5. The lowest BCUT2D eigenvalue weighted by molar-refractivity contribution is -0.147. The summed E-state index contributed by atoms with van der Waals surface area (Å²) in [7, 11) is 0. The maximum atomic E-state index is 11.8. The quantitative estimate of drug-likeness (QED) is 0.571. The van der Waals surface area contributed by atoms with Gasteiger partial charge in [-0.25, -0.2) is 0 Å². The van der Waals surface area contributed by atoms with Crippen molar-refractivity contribution in [2.24, 2.45) is 0 Å². The van der Waals surface area contributed by atoms with Gasteiger partial charge in [0.2, 0.25) is 11.8 Å². The van der Waals surface area contributed by atoms with Crippen LogP contribution in [0, 0.1) is 0 Å². The molecule has 2 aromatic rings. The number of hydrogen-bond acceptors (Lipinski definition) is 5. The third-order valence-corrected chi connectivity index (χ3v) is 3.79. The third kappa shape index (κ3) is 8.44. The molecule has 29 heavy (non-hydrogen) atoms. The van der Waals surface area contributed by atoms with Crippen LogP contribution in [0.4, 0.5) is 17.1 Å². The summed E-state index contributed by atoms with van der Waals surface area (Å²) in [5.41, 5.74) is 1.65. The number of nitrogens with one attached hydrogen (secondary N) is 3. The molecule has 8 nitrogen and oxygen atoms in total. The van der Waals surface area contributed by atoms with Crippen LogP contribution in [0.15, 0.2) is 48.5 Å². The van der Waals surface area contributed by atoms with Crippen LogP contribution >= 0.6 is 11.6 Å². The summed E-state index contributed by atoms with van der Waals surface area (Å²) in [4.78, 5) is 46.3. The SMILES string of the molecule is CC(=O)Nc1ccc(NC(=O)COC(=O)CCC(=O)Nc2ccc(Cl)cc2)cc1. The molecular weight excluding hydrogens is 398 g/mol. The van der Waals surface area contributed by atoms with E-state index in [0.717, 1.165) is 0 Å². The van der Waals surface area contributed by atoms with Gasteiger partial charge in [0, 0.05) is 35.4 Å². The second-order valence-electron chi connectivity index (χ2n) is 6.02. The minimum Gasteiger partial charge on any atom is -0.456 e. The van der Waals surface area contributed by atoms with Crippen molar-refractivity contribution in [2.75, 3.05) is 22.6 Å². The van der Waals surface area contributed by atoms with E-state index in [-0.39, 0.29) is 24.7 Å². The molecule has 0 heterocycles. The van der Waals surface area contributed by atoms with E-state index in [1.54, 1.807) is 48.5 Å². The lowest BCUT2D eigenvalue weighted by Gasteiger charge is -2.08. The van der Waals surface area contributed by atoms with Crippen LogP contribution in [0.2, 0.25) is 5.02 Å². The molecule has 0 fully saturated rings. The van der Waals surface area contributed by atoms with Gasteiger partial charge in [-0.05, 0) is 48.5 Å². The van der Waals surface area contributed by atoms with E-state index in [0.29, 0.717) is 22.1 Å². The van der Waals surface area contributed by atoms with Crippen LogP contribution in [0.5, 0.6) is 0 Å². The van der Waals surface area contributed by atoms with Gasteiger partial charge in [-0.2, -0.15) is 0 Å². The van der Waals surface area contributed by atoms with Crippen molar-refractivity contribution in [1.29, 1.82) is 0 Å². The van der Waals surface area contributed by atoms with Gasteiger partial charge in [-0.3, -0.25) is 19.2 Å². The molecule has 0 radical (unpaired) electrons. The fourth-order valence-corrected chi connectivity index (χ4v) is 2.35. The Hall–Kier alpha value is -3.39. The predicted octanol–water partition coefficient (Wildman–Crippen LogP) is 3.20. The molecule has 0 unspecified atom stereocenters. The number of anilines is 3. The first-order valence-electron chi connectivity index (χ1n) is 8.70. The second kappa shape index (κ2) is 10.8. The predicted molar refractivity (Wildman–Crippen MR) is 110 cm³/mol. The molecule has 0 bridgehead atoms. The van der Waals surface area contributed by atoms with Gasteiger partial charge in [0.1, 0.15) is 0 Å². The zero-order valence-corrected chi connectivity index (χ0v) is 16.4. The molecule has 2 aromatic carbocycles. The second-order valence-corrected chi connectivity index (χ2v) is 6.46. The van der Waals surface area contributed by atoms with E-state index in [2.05, 4.69) is 16.0 Å². The van der Waals surface area contributed by atoms with Crippen molar-refractivity contribution in [3.05, 3.63) is 53.6 Å². The van der Waals surface area contributed by atoms with Gasteiger partial charge in [-0.1, -0.05) is 11.6 Å². The Kier molecular flexibility index (Phi) is 8.17. The number of benzene rings is 2. The molecule has 3 N–H and O–H groups in total. The fourth-order valence-electron chi connectivity index (χ4n) is 2.23. The van der Waals surface area contributed by atoms with Crippen molar-refractivity contribution in [3.8, 4) is 0 Å². The monoisotopic (exact) mass is 417 g/mol. The number of carbonyl (C=O) groups excluding carboxylic acids is 4. The lowest BCUT2D eigenvalue weighted by atomic mass is 10.2. The number of carbonyl (C=O) groups is 4. The topological polar surface area (TPSA) is 114 Å². The average molecular weight is 418 g/mol. The maximum absolute atomic E-state index is 11.8. The van der Waals surface area contributed by atoms with Gasteiger partial charge in [-0.15, -0.1) is 0 Å². The summed E-state index contributed by atoms with van der Waals surface area (Å²) in [6.45, 7) is 0.927. The molecule has 2 rings (SSSR count). The molecule has 0 aliphatic heterocycles. The van der Waals surface area contributed by atoms with Crippen LogP contribution in [0.1, 0.15) is 19.8 Å². The molecule has 0 saturated carbocycles. The smallest absolute Gasteiger partial charge is 0.306 e. The lowest BCUT2D eigenvalue weighted by Crippen LogP contribution is -2.21. The van der Waals surface area contributed by atoms with E-state index < -0.39 is 18.5 Å². The molecule has 0 aliphatic rings. The Balaban J connectivity index is 1.67. The molecule has 0 spiro atoms. The number of ether oxygens (including phenoxy) is 1. The molecule has 0 saturated heterocycles. The van der Waals surface area contributed by atoms with Gasteiger partial charge >= 0.3 is 5.97 Å². The minimum absolute atomic E-state index is 0.0757. The number of rotatable bonds is 8. The Labute approximate surface area is 172 Å². The van der Waals surface area contributed by atoms with Crippen molar-refractivity contribution in [1.82, 2.24) is 0 Å². The summed E-state index contributed by atoms with van der Waals surface area (Å²) in [5.74, 6) is -1.73. The average Bonchev–Trinajstić information content (AvgIpc) is 2.68. The molecule has 0 aromatic heterocycles. The standard InChI is InChI=1S/C20H20ClN3O5/c1-13(25)22-15-6-8-17(9-7-15)24-19(27)12-29-20(28)11-10-18(26)23-16-4-2-14(21)3-5-16/h2-9H,10-12H2,1H3,(H,22,25)(H,23,26)(H,24,27). The minimum atomic E-state index is -0.660. The highest BCUT2D eigenvalue weighted by molar-refractivity contribution is 6.30. The van der Waals surface area contributed by atoms with Crippen LogP contribution in [0.25, 0.3) is 0 Å². The van der Waals surface area contributed by atoms with E-state index in [9.17, 15) is 19.2 Å². The zero-order chi connectivity index (χ0) is 21.2. The molecule has 3 amide bonds. The van der Waals surface area contributed by atoms with Crippen molar-refractivity contribution < 1.29 is 23.9 Å². The summed E-state index contributed by atoms with van der Waals surface area (Å²) in [6, 6.07) is 13.0. The molecular formula is C20H20ClN3O5.